The summed E-state index contributed by atoms with van der Waals surface area (Å²) < 4.78 is 52.1. The van der Waals surface area contributed by atoms with Gasteiger partial charge in [0.05, 0.1) is 5.69 Å². The number of rotatable bonds is 4. The van der Waals surface area contributed by atoms with Crippen molar-refractivity contribution < 1.29 is 17.2 Å². The summed E-state index contributed by atoms with van der Waals surface area (Å²) >= 11 is 0. The maximum atomic E-state index is 13.4. The number of aromatic nitrogens is 1. The lowest BCUT2D eigenvalue weighted by atomic mass is 10.3. The minimum absolute atomic E-state index is 0.180. The molecule has 0 aliphatic heterocycles. The molecule has 1 aromatic heterocycles. The van der Waals surface area contributed by atoms with E-state index >= 15 is 0 Å². The Morgan fingerprint density at radius 2 is 1.90 bits per heavy atom. The van der Waals surface area contributed by atoms with Gasteiger partial charge >= 0.3 is 0 Å². The molecule has 20 heavy (non-hydrogen) atoms. The highest BCUT2D eigenvalue weighted by Gasteiger charge is 2.17. The summed E-state index contributed by atoms with van der Waals surface area (Å²) in [5.41, 5.74) is 1.89. The van der Waals surface area contributed by atoms with Crippen molar-refractivity contribution in [2.45, 2.75) is 4.90 Å². The van der Waals surface area contributed by atoms with Crippen molar-refractivity contribution in [3.05, 3.63) is 48.2 Å². The predicted molar refractivity (Wildman–Crippen MR) is 69.2 cm³/mol. The van der Waals surface area contributed by atoms with Crippen LogP contribution in [0.15, 0.2) is 41.4 Å². The summed E-state index contributed by atoms with van der Waals surface area (Å²) in [4.78, 5) is 3.55. The summed E-state index contributed by atoms with van der Waals surface area (Å²) in [6, 6.07) is 5.10. The molecule has 2 aromatic rings. The molecule has 4 N–H and O–H groups in total. The monoisotopic (exact) mass is 300 g/mol. The molecule has 106 valence electrons. The van der Waals surface area contributed by atoms with Gasteiger partial charge in [-0.15, -0.1) is 0 Å². The Kier molecular flexibility index (Phi) is 3.81. The van der Waals surface area contributed by atoms with E-state index in [1.807, 2.05) is 4.72 Å². The fourth-order valence-electron chi connectivity index (χ4n) is 1.40. The Labute approximate surface area is 113 Å². The van der Waals surface area contributed by atoms with Crippen LogP contribution in [0.5, 0.6) is 0 Å². The molecule has 0 bridgehead atoms. The minimum atomic E-state index is -4.02. The number of hydrogen-bond acceptors (Lipinski definition) is 5. The van der Waals surface area contributed by atoms with Crippen molar-refractivity contribution in [2.75, 3.05) is 10.1 Å². The van der Waals surface area contributed by atoms with E-state index in [2.05, 4.69) is 10.4 Å². The van der Waals surface area contributed by atoms with E-state index in [0.717, 1.165) is 18.3 Å². The zero-order valence-corrected chi connectivity index (χ0v) is 10.8. The van der Waals surface area contributed by atoms with Crippen LogP contribution in [0, 0.1) is 11.6 Å². The molecule has 1 aromatic carbocycles. The van der Waals surface area contributed by atoms with Gasteiger partial charge in [-0.3, -0.25) is 4.72 Å². The number of nitrogens with two attached hydrogens (primary N) is 1. The van der Waals surface area contributed by atoms with Gasteiger partial charge in [-0.05, 0) is 24.3 Å². The minimum Gasteiger partial charge on any atom is -0.308 e. The third-order valence-electron chi connectivity index (χ3n) is 2.37. The number of nitrogens with one attached hydrogen (secondary N) is 2. The van der Waals surface area contributed by atoms with Gasteiger partial charge in [-0.2, -0.15) is 0 Å². The molecule has 0 aliphatic carbocycles. The summed E-state index contributed by atoms with van der Waals surface area (Å²) in [5.74, 6) is 3.57. The zero-order chi connectivity index (χ0) is 14.8. The molecular weight excluding hydrogens is 290 g/mol. The van der Waals surface area contributed by atoms with Crippen LogP contribution < -0.4 is 16.0 Å². The Morgan fingerprint density at radius 3 is 2.45 bits per heavy atom. The topological polar surface area (TPSA) is 97.1 Å². The normalized spacial score (nSPS) is 11.2. The first-order chi connectivity index (χ1) is 9.42. The smallest absolute Gasteiger partial charge is 0.263 e. The van der Waals surface area contributed by atoms with Gasteiger partial charge in [0.2, 0.25) is 0 Å². The van der Waals surface area contributed by atoms with Crippen molar-refractivity contribution in [3.63, 3.8) is 0 Å². The van der Waals surface area contributed by atoms with Crippen LogP contribution in [0.3, 0.4) is 0 Å². The maximum absolute atomic E-state index is 13.4. The van der Waals surface area contributed by atoms with Gasteiger partial charge in [0.25, 0.3) is 10.0 Å². The average Bonchev–Trinajstić information content (AvgIpc) is 2.42. The number of nitrogen functional groups attached to an aromatic ring is 1. The summed E-state index contributed by atoms with van der Waals surface area (Å²) in [6.45, 7) is 0. The molecule has 1 heterocycles. The highest BCUT2D eigenvalue weighted by Crippen LogP contribution is 2.20. The lowest BCUT2D eigenvalue weighted by Crippen LogP contribution is -2.15. The van der Waals surface area contributed by atoms with E-state index in [4.69, 9.17) is 5.84 Å². The first kappa shape index (κ1) is 14.2. The van der Waals surface area contributed by atoms with Crippen LogP contribution in [-0.4, -0.2) is 13.4 Å². The summed E-state index contributed by atoms with van der Waals surface area (Å²) in [6.07, 6.45) is 1.05. The average molecular weight is 300 g/mol. The van der Waals surface area contributed by atoms with Gasteiger partial charge in [0.1, 0.15) is 22.3 Å². The Balaban J connectivity index is 2.30. The molecule has 0 unspecified atom stereocenters. The van der Waals surface area contributed by atoms with Crippen LogP contribution in [-0.2, 0) is 10.0 Å². The molecule has 0 atom stereocenters. The van der Waals surface area contributed by atoms with Gasteiger partial charge in [-0.25, -0.2) is 28.0 Å². The fourth-order valence-corrected chi connectivity index (χ4v) is 2.41. The third kappa shape index (κ3) is 3.00. The highest BCUT2D eigenvalue weighted by atomic mass is 32.2. The molecule has 0 fully saturated rings. The second-order valence-corrected chi connectivity index (χ2v) is 5.44. The quantitative estimate of drug-likeness (QED) is 0.586. The van der Waals surface area contributed by atoms with Gasteiger partial charge in [0, 0.05) is 12.3 Å². The number of hydrogen-bond donors (Lipinski definition) is 3. The van der Waals surface area contributed by atoms with Crippen LogP contribution in [0.4, 0.5) is 20.3 Å². The number of sulfonamides is 1. The van der Waals surface area contributed by atoms with E-state index in [1.54, 1.807) is 0 Å². The Bertz CT molecular complexity index is 720. The third-order valence-corrected chi connectivity index (χ3v) is 3.72. The molecule has 9 heteroatoms. The van der Waals surface area contributed by atoms with Gasteiger partial charge < -0.3 is 5.43 Å². The molecular formula is C11H10F2N4O2S. The molecule has 2 rings (SSSR count). The maximum Gasteiger partial charge on any atom is 0.263 e. The molecule has 0 saturated carbocycles. The molecule has 0 spiro atoms. The number of anilines is 2. The van der Waals surface area contributed by atoms with Crippen molar-refractivity contribution in [1.82, 2.24) is 4.98 Å². The SMILES string of the molecule is NNc1ccc(S(=O)(=O)Nc2ccc(F)cc2F)cn1. The van der Waals surface area contributed by atoms with Crippen LogP contribution in [0.2, 0.25) is 0 Å². The molecule has 0 amide bonds. The number of benzene rings is 1. The van der Waals surface area contributed by atoms with Gasteiger partial charge in [0.15, 0.2) is 0 Å². The summed E-state index contributed by atoms with van der Waals surface area (Å²) in [5, 5.41) is 0. The Hall–Kier alpha value is -2.26. The number of halogens is 2. The lowest BCUT2D eigenvalue weighted by molar-refractivity contribution is 0.582. The van der Waals surface area contributed by atoms with Crippen molar-refractivity contribution in [1.29, 1.82) is 0 Å². The molecule has 0 radical (unpaired) electrons. The Morgan fingerprint density at radius 1 is 1.15 bits per heavy atom. The predicted octanol–water partition coefficient (Wildman–Crippen LogP) is 1.45. The fraction of sp³-hybridized carbons (Fsp3) is 0. The molecule has 0 aliphatic rings. The van der Waals surface area contributed by atoms with Crippen molar-refractivity contribution in [2.24, 2.45) is 5.84 Å². The van der Waals surface area contributed by atoms with E-state index < -0.39 is 21.7 Å². The molecule has 0 saturated heterocycles. The van der Waals surface area contributed by atoms with Crippen LogP contribution in [0.1, 0.15) is 0 Å². The van der Waals surface area contributed by atoms with E-state index in [-0.39, 0.29) is 16.4 Å². The van der Waals surface area contributed by atoms with E-state index in [9.17, 15) is 17.2 Å². The molecule has 6 nitrogen and oxygen atoms in total. The first-order valence-corrected chi connectivity index (χ1v) is 6.81. The number of pyridine rings is 1. The van der Waals surface area contributed by atoms with E-state index in [1.165, 1.54) is 12.1 Å². The van der Waals surface area contributed by atoms with Crippen molar-refractivity contribution >= 4 is 21.5 Å². The number of hydrazine groups is 1. The second-order valence-electron chi connectivity index (χ2n) is 3.75. The second kappa shape index (κ2) is 5.39. The number of nitrogens with zero attached hydrogens (tertiary/aromatic N) is 1. The van der Waals surface area contributed by atoms with Gasteiger partial charge in [-0.1, -0.05) is 0 Å². The van der Waals surface area contributed by atoms with Crippen molar-refractivity contribution in [3.8, 4) is 0 Å². The standard InChI is InChI=1S/C11H10F2N4O2S/c12-7-1-3-10(9(13)5-7)17-20(18,19)8-2-4-11(16-14)15-6-8/h1-6,17H,14H2,(H,15,16). The zero-order valence-electron chi connectivity index (χ0n) is 9.97. The largest absolute Gasteiger partial charge is 0.308 e. The van der Waals surface area contributed by atoms with E-state index in [0.29, 0.717) is 6.07 Å². The first-order valence-electron chi connectivity index (χ1n) is 5.33. The highest BCUT2D eigenvalue weighted by molar-refractivity contribution is 7.92. The van der Waals surface area contributed by atoms with Crippen LogP contribution in [0.25, 0.3) is 0 Å². The van der Waals surface area contributed by atoms with Crippen LogP contribution >= 0.6 is 0 Å². The lowest BCUT2D eigenvalue weighted by Gasteiger charge is -2.09. The summed E-state index contributed by atoms with van der Waals surface area (Å²) in [7, 11) is -4.02.